The summed E-state index contributed by atoms with van der Waals surface area (Å²) in [6, 6.07) is 12.6. The SMILES string of the molecule is CCCC[Si](C)(C1=C(C)C(C)=[C-]C1)c1ccccc1.[Cl-].[Cl-].[Cl-].[Ti+4]. The largest absolute Gasteiger partial charge is 4.00 e. The van der Waals surface area contributed by atoms with Crippen molar-refractivity contribution in [2.24, 2.45) is 0 Å². The predicted octanol–water partition coefficient (Wildman–Crippen LogP) is -4.21. The second-order valence-electron chi connectivity index (χ2n) is 5.88. The summed E-state index contributed by atoms with van der Waals surface area (Å²) >= 11 is 0. The van der Waals surface area contributed by atoms with E-state index in [1.165, 1.54) is 30.0 Å². The number of hydrogen-bond donors (Lipinski definition) is 0. The molecule has 0 saturated carbocycles. The molecule has 0 bridgehead atoms. The molecule has 23 heavy (non-hydrogen) atoms. The molecule has 0 aliphatic heterocycles. The average Bonchev–Trinajstić information content (AvgIpc) is 2.78. The first-order valence-corrected chi connectivity index (χ1v) is 10.1. The second kappa shape index (κ2) is 12.8. The molecule has 126 valence electrons. The first-order chi connectivity index (χ1) is 9.09. The summed E-state index contributed by atoms with van der Waals surface area (Å²) in [5.74, 6) is 0. The van der Waals surface area contributed by atoms with Crippen LogP contribution in [-0.2, 0) is 21.7 Å². The summed E-state index contributed by atoms with van der Waals surface area (Å²) in [5, 5.41) is 3.30. The molecule has 1 aliphatic carbocycles. The van der Waals surface area contributed by atoms with E-state index in [0.29, 0.717) is 0 Å². The Morgan fingerprint density at radius 1 is 1.04 bits per heavy atom. The van der Waals surface area contributed by atoms with Gasteiger partial charge in [0.05, 0.1) is 8.07 Å². The number of allylic oxidation sites excluding steroid dienone is 4. The van der Waals surface area contributed by atoms with Crippen molar-refractivity contribution in [3.63, 3.8) is 0 Å². The molecule has 0 radical (unpaired) electrons. The number of halogens is 3. The molecular formula is C18H25Cl3SiTi. The molecule has 0 heterocycles. The van der Waals surface area contributed by atoms with Crippen LogP contribution in [0.5, 0.6) is 0 Å². The molecule has 0 spiro atoms. The maximum Gasteiger partial charge on any atom is 4.00 e. The van der Waals surface area contributed by atoms with E-state index in [4.69, 9.17) is 0 Å². The topological polar surface area (TPSA) is 0 Å². The number of rotatable bonds is 5. The van der Waals surface area contributed by atoms with Crippen LogP contribution in [-0.4, -0.2) is 8.07 Å². The fourth-order valence-corrected chi connectivity index (χ4v) is 7.55. The Balaban J connectivity index is -0.000001000. The van der Waals surface area contributed by atoms with E-state index < -0.39 is 8.07 Å². The molecule has 0 amide bonds. The monoisotopic (exact) mass is 422 g/mol. The van der Waals surface area contributed by atoms with Crippen molar-refractivity contribution in [3.8, 4) is 0 Å². The minimum absolute atomic E-state index is 0. The van der Waals surface area contributed by atoms with Gasteiger partial charge < -0.3 is 37.2 Å². The van der Waals surface area contributed by atoms with E-state index in [2.05, 4.69) is 63.7 Å². The predicted molar refractivity (Wildman–Crippen MR) is 87.2 cm³/mol. The second-order valence-corrected chi connectivity index (χ2v) is 10.2. The van der Waals surface area contributed by atoms with Gasteiger partial charge in [-0.2, -0.15) is 5.20 Å². The van der Waals surface area contributed by atoms with E-state index in [9.17, 15) is 0 Å². The fourth-order valence-electron chi connectivity index (χ4n) is 3.13. The normalized spacial score (nSPS) is 15.2. The van der Waals surface area contributed by atoms with Gasteiger partial charge in [-0.3, -0.25) is 6.08 Å². The van der Waals surface area contributed by atoms with Crippen LogP contribution in [0, 0.1) is 6.08 Å². The third kappa shape index (κ3) is 6.38. The van der Waals surface area contributed by atoms with Gasteiger partial charge in [-0.05, 0) is 0 Å². The number of hydrogen-bond acceptors (Lipinski definition) is 0. The van der Waals surface area contributed by atoms with Crippen LogP contribution in [0.1, 0.15) is 40.0 Å². The van der Waals surface area contributed by atoms with Gasteiger partial charge in [-0.25, -0.2) is 11.1 Å². The van der Waals surface area contributed by atoms with E-state index in [1.54, 1.807) is 10.4 Å². The molecule has 0 saturated heterocycles. The Morgan fingerprint density at radius 3 is 2.04 bits per heavy atom. The summed E-state index contributed by atoms with van der Waals surface area (Å²) in [4.78, 5) is 0. The van der Waals surface area contributed by atoms with Gasteiger partial charge in [-0.1, -0.05) is 74.8 Å². The van der Waals surface area contributed by atoms with E-state index >= 15 is 0 Å². The Kier molecular flexibility index (Phi) is 15.8. The van der Waals surface area contributed by atoms with Crippen LogP contribution in [0.3, 0.4) is 0 Å². The summed E-state index contributed by atoms with van der Waals surface area (Å²) in [6.45, 7) is 9.36. The molecule has 5 heteroatoms. The van der Waals surface area contributed by atoms with Gasteiger partial charge in [0.25, 0.3) is 0 Å². The average molecular weight is 424 g/mol. The van der Waals surface area contributed by atoms with Gasteiger partial charge in [-0.15, -0.1) is 13.3 Å². The molecule has 1 aromatic carbocycles. The van der Waals surface area contributed by atoms with Crippen LogP contribution >= 0.6 is 0 Å². The van der Waals surface area contributed by atoms with Crippen molar-refractivity contribution in [2.45, 2.75) is 52.6 Å². The zero-order valence-electron chi connectivity index (χ0n) is 14.3. The molecule has 0 nitrogen and oxygen atoms in total. The maximum absolute atomic E-state index is 3.55. The summed E-state index contributed by atoms with van der Waals surface area (Å²) in [7, 11) is -1.52. The van der Waals surface area contributed by atoms with Crippen LogP contribution in [0.25, 0.3) is 0 Å². The van der Waals surface area contributed by atoms with E-state index in [1.807, 2.05) is 0 Å². The third-order valence-electron chi connectivity index (χ3n) is 4.65. The minimum atomic E-state index is -1.52. The summed E-state index contributed by atoms with van der Waals surface area (Å²) in [5.41, 5.74) is 2.90. The van der Waals surface area contributed by atoms with Gasteiger partial charge in [0, 0.05) is 0 Å². The molecule has 1 atom stereocenters. The van der Waals surface area contributed by atoms with Crippen LogP contribution in [0.4, 0.5) is 0 Å². The first-order valence-electron chi connectivity index (χ1n) is 7.43. The summed E-state index contributed by atoms with van der Waals surface area (Å²) < 4.78 is 0. The quantitative estimate of drug-likeness (QED) is 0.333. The van der Waals surface area contributed by atoms with Crippen LogP contribution < -0.4 is 42.4 Å². The smallest absolute Gasteiger partial charge is 1.00 e. The fraction of sp³-hybridized carbons (Fsp3) is 0.444. The Morgan fingerprint density at radius 2 is 1.61 bits per heavy atom. The summed E-state index contributed by atoms with van der Waals surface area (Å²) in [6.07, 6.45) is 7.25. The molecule has 1 unspecified atom stereocenters. The molecule has 2 rings (SSSR count). The van der Waals surface area contributed by atoms with Gasteiger partial charge in [0.15, 0.2) is 0 Å². The molecular weight excluding hydrogens is 399 g/mol. The van der Waals surface area contributed by atoms with Crippen molar-refractivity contribution < 1.29 is 58.9 Å². The zero-order chi connectivity index (χ0) is 13.9. The maximum atomic E-state index is 3.55. The third-order valence-corrected chi connectivity index (χ3v) is 9.50. The Labute approximate surface area is 176 Å². The molecule has 0 N–H and O–H groups in total. The molecule has 0 fully saturated rings. The Bertz CT molecular complexity index is 514. The molecule has 0 aromatic heterocycles. The van der Waals surface area contributed by atoms with E-state index in [0.717, 1.165) is 6.42 Å². The van der Waals surface area contributed by atoms with Crippen molar-refractivity contribution in [2.75, 3.05) is 0 Å². The van der Waals surface area contributed by atoms with Crippen LogP contribution in [0.15, 0.2) is 46.7 Å². The van der Waals surface area contributed by atoms with Gasteiger partial charge >= 0.3 is 21.7 Å². The van der Waals surface area contributed by atoms with Crippen molar-refractivity contribution >= 4 is 13.3 Å². The molecule has 1 aromatic rings. The first kappa shape index (κ1) is 28.3. The van der Waals surface area contributed by atoms with E-state index in [-0.39, 0.29) is 58.9 Å². The van der Waals surface area contributed by atoms with Crippen molar-refractivity contribution in [1.29, 1.82) is 0 Å². The minimum Gasteiger partial charge on any atom is -1.00 e. The van der Waals surface area contributed by atoms with Crippen molar-refractivity contribution in [3.05, 3.63) is 52.8 Å². The standard InChI is InChI=1S/C18H25Si.3ClH.Ti/c1-5-6-14-19(4,17-10-8-7-9-11-17)18-13-12-15(2)16(18)3;;;;/h7-11H,5-6,13-14H2,1-4H3;3*1H;/q-1;;;;+4/p-3. The Hall–Kier alpha value is 0.501. The van der Waals surface area contributed by atoms with Crippen LogP contribution in [0.2, 0.25) is 12.6 Å². The number of benzene rings is 1. The van der Waals surface area contributed by atoms with Gasteiger partial charge in [0.2, 0.25) is 0 Å². The number of unbranched alkanes of at least 4 members (excludes halogenated alkanes) is 1. The van der Waals surface area contributed by atoms with Gasteiger partial charge in [0.1, 0.15) is 0 Å². The van der Waals surface area contributed by atoms with Crippen molar-refractivity contribution in [1.82, 2.24) is 0 Å². The molecule has 1 aliphatic rings. The zero-order valence-corrected chi connectivity index (χ0v) is 19.2.